The van der Waals surface area contributed by atoms with Gasteiger partial charge in [-0.3, -0.25) is 14.4 Å². The number of hydrogen-bond acceptors (Lipinski definition) is 5. The van der Waals surface area contributed by atoms with Crippen molar-refractivity contribution in [2.45, 2.75) is 38.8 Å². The van der Waals surface area contributed by atoms with E-state index in [9.17, 15) is 14.4 Å². The molecular formula is C12H19NO5. The molecule has 2 atom stereocenters. The van der Waals surface area contributed by atoms with E-state index in [1.165, 1.54) is 19.1 Å². The minimum Gasteiger partial charge on any atom is -0.469 e. The molecule has 0 aliphatic carbocycles. The SMILES string of the molecule is COC(=O)C[C@H]1[C@@H](C(=O)OC)C(=O)N1C(C)(C)C. The summed E-state index contributed by atoms with van der Waals surface area (Å²) in [6, 6.07) is -0.489. The summed E-state index contributed by atoms with van der Waals surface area (Å²) in [5.74, 6) is -2.25. The van der Waals surface area contributed by atoms with E-state index in [1.807, 2.05) is 20.8 Å². The summed E-state index contributed by atoms with van der Waals surface area (Å²) in [4.78, 5) is 36.4. The van der Waals surface area contributed by atoms with Crippen molar-refractivity contribution in [2.24, 2.45) is 5.92 Å². The monoisotopic (exact) mass is 257 g/mol. The van der Waals surface area contributed by atoms with Gasteiger partial charge in [0.15, 0.2) is 5.92 Å². The Morgan fingerprint density at radius 1 is 1.22 bits per heavy atom. The highest BCUT2D eigenvalue weighted by atomic mass is 16.5. The van der Waals surface area contributed by atoms with Crippen molar-refractivity contribution in [3.63, 3.8) is 0 Å². The molecule has 0 saturated carbocycles. The van der Waals surface area contributed by atoms with Crippen LogP contribution in [0.2, 0.25) is 0 Å². The predicted molar refractivity (Wildman–Crippen MR) is 62.5 cm³/mol. The minimum absolute atomic E-state index is 0.000718. The fourth-order valence-corrected chi connectivity index (χ4v) is 2.22. The van der Waals surface area contributed by atoms with Crippen LogP contribution in [-0.4, -0.2) is 48.5 Å². The zero-order chi connectivity index (χ0) is 14.1. The van der Waals surface area contributed by atoms with Gasteiger partial charge in [-0.05, 0) is 20.8 Å². The Balaban J connectivity index is 2.92. The van der Waals surface area contributed by atoms with Crippen LogP contribution in [0.3, 0.4) is 0 Å². The van der Waals surface area contributed by atoms with Gasteiger partial charge < -0.3 is 14.4 Å². The minimum atomic E-state index is -0.895. The molecule has 102 valence electrons. The van der Waals surface area contributed by atoms with Crippen molar-refractivity contribution in [1.29, 1.82) is 0 Å². The molecule has 0 aromatic carbocycles. The molecule has 1 aliphatic rings. The molecule has 0 aromatic rings. The number of methoxy groups -OCH3 is 2. The van der Waals surface area contributed by atoms with Crippen molar-refractivity contribution < 1.29 is 23.9 Å². The third-order valence-corrected chi connectivity index (χ3v) is 3.00. The number of amides is 1. The highest BCUT2D eigenvalue weighted by Gasteiger charge is 2.56. The van der Waals surface area contributed by atoms with Crippen LogP contribution in [0.4, 0.5) is 0 Å². The Morgan fingerprint density at radius 3 is 2.17 bits per heavy atom. The number of carbonyl (C=O) groups is 3. The molecule has 1 amide bonds. The van der Waals surface area contributed by atoms with Crippen LogP contribution >= 0.6 is 0 Å². The van der Waals surface area contributed by atoms with Crippen LogP contribution in [-0.2, 0) is 23.9 Å². The van der Waals surface area contributed by atoms with E-state index >= 15 is 0 Å². The molecule has 0 bridgehead atoms. The summed E-state index contributed by atoms with van der Waals surface area (Å²) in [5.41, 5.74) is -0.444. The first-order chi connectivity index (χ1) is 8.23. The molecular weight excluding hydrogens is 238 g/mol. The number of likely N-dealkylation sites (tertiary alicyclic amines) is 1. The van der Waals surface area contributed by atoms with Crippen LogP contribution in [0.25, 0.3) is 0 Å². The Morgan fingerprint density at radius 2 is 1.78 bits per heavy atom. The smallest absolute Gasteiger partial charge is 0.320 e. The average Bonchev–Trinajstić information content (AvgIpc) is 2.25. The van der Waals surface area contributed by atoms with Gasteiger partial charge in [0.1, 0.15) is 0 Å². The lowest BCUT2D eigenvalue weighted by Crippen LogP contribution is -2.69. The van der Waals surface area contributed by atoms with Crippen molar-refractivity contribution in [1.82, 2.24) is 4.90 Å². The first kappa shape index (κ1) is 14.5. The van der Waals surface area contributed by atoms with E-state index in [4.69, 9.17) is 0 Å². The van der Waals surface area contributed by atoms with Gasteiger partial charge in [0, 0.05) is 5.54 Å². The molecule has 1 saturated heterocycles. The number of nitrogens with zero attached hydrogens (tertiary/aromatic N) is 1. The van der Waals surface area contributed by atoms with Gasteiger partial charge >= 0.3 is 11.9 Å². The molecule has 0 N–H and O–H groups in total. The molecule has 0 aromatic heterocycles. The van der Waals surface area contributed by atoms with E-state index in [1.54, 1.807) is 0 Å². The fourth-order valence-electron chi connectivity index (χ4n) is 2.22. The molecule has 0 radical (unpaired) electrons. The van der Waals surface area contributed by atoms with Crippen molar-refractivity contribution in [2.75, 3.05) is 14.2 Å². The summed E-state index contributed by atoms with van der Waals surface area (Å²) in [6.45, 7) is 5.55. The standard InChI is InChI=1S/C12H19NO5/c1-12(2,3)13-7(6-8(14)17-4)9(10(13)15)11(16)18-5/h7,9H,6H2,1-5H3/t7-,9+/m0/s1. The summed E-state index contributed by atoms with van der Waals surface area (Å²) < 4.78 is 9.18. The van der Waals surface area contributed by atoms with Crippen molar-refractivity contribution in [3.05, 3.63) is 0 Å². The number of esters is 2. The van der Waals surface area contributed by atoms with Crippen LogP contribution in [0.15, 0.2) is 0 Å². The lowest BCUT2D eigenvalue weighted by atomic mass is 9.80. The second-order valence-corrected chi connectivity index (χ2v) is 5.23. The van der Waals surface area contributed by atoms with Crippen molar-refractivity contribution >= 4 is 17.8 Å². The zero-order valence-electron chi connectivity index (χ0n) is 11.4. The predicted octanol–water partition coefficient (Wildman–Crippen LogP) is 0.348. The second-order valence-electron chi connectivity index (χ2n) is 5.23. The maximum atomic E-state index is 12.0. The summed E-state index contributed by atoms with van der Waals surface area (Å²) in [5, 5.41) is 0. The average molecular weight is 257 g/mol. The summed E-state index contributed by atoms with van der Waals surface area (Å²) in [7, 11) is 2.50. The first-order valence-electron chi connectivity index (χ1n) is 5.72. The van der Waals surface area contributed by atoms with E-state index in [0.717, 1.165) is 0 Å². The Labute approximate surface area is 106 Å². The number of β-lactam (4-membered cyclic amide) rings is 1. The number of rotatable bonds is 3. The number of carbonyl (C=O) groups excluding carboxylic acids is 3. The van der Waals surface area contributed by atoms with E-state index < -0.39 is 29.4 Å². The molecule has 6 heteroatoms. The zero-order valence-corrected chi connectivity index (χ0v) is 11.4. The Hall–Kier alpha value is -1.59. The second kappa shape index (κ2) is 4.96. The van der Waals surface area contributed by atoms with Gasteiger partial charge in [-0.15, -0.1) is 0 Å². The van der Waals surface area contributed by atoms with Gasteiger partial charge in [0.05, 0.1) is 26.7 Å². The van der Waals surface area contributed by atoms with Gasteiger partial charge in [-0.1, -0.05) is 0 Å². The number of ether oxygens (including phenoxy) is 2. The Kier molecular flexibility index (Phi) is 3.98. The quantitative estimate of drug-likeness (QED) is 0.414. The molecule has 1 rings (SSSR count). The van der Waals surface area contributed by atoms with E-state index in [-0.39, 0.29) is 12.3 Å². The first-order valence-corrected chi connectivity index (χ1v) is 5.72. The molecule has 6 nitrogen and oxygen atoms in total. The van der Waals surface area contributed by atoms with E-state index in [0.29, 0.717) is 0 Å². The normalized spacial score (nSPS) is 23.4. The highest BCUT2D eigenvalue weighted by molar-refractivity contribution is 6.04. The van der Waals surface area contributed by atoms with Crippen LogP contribution in [0.1, 0.15) is 27.2 Å². The molecule has 18 heavy (non-hydrogen) atoms. The maximum Gasteiger partial charge on any atom is 0.320 e. The Bertz CT molecular complexity index is 371. The molecule has 1 heterocycles. The lowest BCUT2D eigenvalue weighted by molar-refractivity contribution is -0.180. The number of hydrogen-bond donors (Lipinski definition) is 0. The molecule has 0 unspecified atom stereocenters. The van der Waals surface area contributed by atoms with E-state index in [2.05, 4.69) is 9.47 Å². The topological polar surface area (TPSA) is 72.9 Å². The maximum absolute atomic E-state index is 12.0. The largest absolute Gasteiger partial charge is 0.469 e. The third-order valence-electron chi connectivity index (χ3n) is 3.00. The van der Waals surface area contributed by atoms with Crippen LogP contribution < -0.4 is 0 Å². The molecule has 1 aliphatic heterocycles. The summed E-state index contributed by atoms with van der Waals surface area (Å²) in [6.07, 6.45) is -0.000718. The third kappa shape index (κ3) is 2.47. The highest BCUT2D eigenvalue weighted by Crippen LogP contribution is 2.36. The lowest BCUT2D eigenvalue weighted by Gasteiger charge is -2.52. The van der Waals surface area contributed by atoms with Gasteiger partial charge in [-0.2, -0.15) is 0 Å². The molecule has 1 fully saturated rings. The summed E-state index contributed by atoms with van der Waals surface area (Å²) >= 11 is 0. The van der Waals surface area contributed by atoms with Gasteiger partial charge in [0.25, 0.3) is 0 Å². The van der Waals surface area contributed by atoms with Gasteiger partial charge in [0.2, 0.25) is 5.91 Å². The van der Waals surface area contributed by atoms with Crippen LogP contribution in [0.5, 0.6) is 0 Å². The molecule has 0 spiro atoms. The fraction of sp³-hybridized carbons (Fsp3) is 0.750. The van der Waals surface area contributed by atoms with Crippen LogP contribution in [0, 0.1) is 5.92 Å². The van der Waals surface area contributed by atoms with Gasteiger partial charge in [-0.25, -0.2) is 0 Å². The van der Waals surface area contributed by atoms with Crippen molar-refractivity contribution in [3.8, 4) is 0 Å².